The zero-order valence-corrected chi connectivity index (χ0v) is 12.5. The van der Waals surface area contributed by atoms with E-state index < -0.39 is 0 Å². The summed E-state index contributed by atoms with van der Waals surface area (Å²) in [5.74, 6) is 2.96. The number of aryl methyl sites for hydroxylation is 1. The summed E-state index contributed by atoms with van der Waals surface area (Å²) in [7, 11) is 2.02. The Hall–Kier alpha value is -0.700. The lowest BCUT2D eigenvalue weighted by Gasteiger charge is -2.07. The first-order valence-electron chi connectivity index (χ1n) is 6.83. The van der Waals surface area contributed by atoms with E-state index in [1.165, 1.54) is 25.7 Å². The second kappa shape index (κ2) is 5.96. The molecule has 1 heterocycles. The number of rotatable bonds is 5. The van der Waals surface area contributed by atoms with Gasteiger partial charge in [0.2, 0.25) is 0 Å². The van der Waals surface area contributed by atoms with Crippen LogP contribution in [0.3, 0.4) is 0 Å². The Labute approximate surface area is 114 Å². The van der Waals surface area contributed by atoms with Gasteiger partial charge in [-0.05, 0) is 44.4 Å². The molecule has 0 amide bonds. The lowest BCUT2D eigenvalue weighted by Crippen LogP contribution is -2.07. The molecular formula is C15H23NOS. The first kappa shape index (κ1) is 13.7. The van der Waals surface area contributed by atoms with Gasteiger partial charge in [-0.25, -0.2) is 0 Å². The van der Waals surface area contributed by atoms with Crippen LogP contribution in [0.15, 0.2) is 6.07 Å². The largest absolute Gasteiger partial charge is 0.351 e. The molecule has 0 spiro atoms. The predicted molar refractivity (Wildman–Crippen MR) is 78.5 cm³/mol. The summed E-state index contributed by atoms with van der Waals surface area (Å²) in [5.41, 5.74) is 3.17. The summed E-state index contributed by atoms with van der Waals surface area (Å²) in [4.78, 5) is 12.2. The lowest BCUT2D eigenvalue weighted by atomic mass is 10.1. The molecule has 2 nitrogen and oxygen atoms in total. The monoisotopic (exact) mass is 265 g/mol. The fraction of sp³-hybridized carbons (Fsp3) is 0.667. The highest BCUT2D eigenvalue weighted by atomic mass is 32.2. The molecule has 1 aromatic heterocycles. The molecule has 1 aliphatic rings. The van der Waals surface area contributed by atoms with Crippen molar-refractivity contribution in [3.05, 3.63) is 23.0 Å². The Morgan fingerprint density at radius 3 is 2.61 bits per heavy atom. The van der Waals surface area contributed by atoms with E-state index in [0.717, 1.165) is 28.6 Å². The standard InChI is InChI=1S/C15H23NOS/c1-11-8-14(12(2)16(11)3)15(17)10-18-9-13-6-4-5-7-13/h8,13H,4-7,9-10H2,1-3H3. The highest BCUT2D eigenvalue weighted by Gasteiger charge is 2.17. The summed E-state index contributed by atoms with van der Waals surface area (Å²) in [5, 5.41) is 0. The zero-order valence-electron chi connectivity index (χ0n) is 11.7. The summed E-state index contributed by atoms with van der Waals surface area (Å²) < 4.78 is 2.09. The van der Waals surface area contributed by atoms with Gasteiger partial charge in [0.05, 0.1) is 5.75 Å². The molecule has 1 fully saturated rings. The molecule has 3 heteroatoms. The molecule has 0 saturated heterocycles. The quantitative estimate of drug-likeness (QED) is 0.756. The van der Waals surface area contributed by atoms with Crippen molar-refractivity contribution in [1.29, 1.82) is 0 Å². The van der Waals surface area contributed by atoms with Gasteiger partial charge in [-0.3, -0.25) is 4.79 Å². The van der Waals surface area contributed by atoms with E-state index in [1.807, 2.05) is 31.8 Å². The molecule has 0 unspecified atom stereocenters. The Balaban J connectivity index is 1.85. The molecular weight excluding hydrogens is 242 g/mol. The second-order valence-electron chi connectivity index (χ2n) is 5.43. The Bertz CT molecular complexity index is 430. The Morgan fingerprint density at radius 1 is 1.39 bits per heavy atom. The minimum atomic E-state index is 0.291. The van der Waals surface area contributed by atoms with Gasteiger partial charge in [0, 0.05) is 24.0 Å². The summed E-state index contributed by atoms with van der Waals surface area (Å²) in [6.07, 6.45) is 5.50. The number of hydrogen-bond donors (Lipinski definition) is 0. The lowest BCUT2D eigenvalue weighted by molar-refractivity contribution is 0.102. The van der Waals surface area contributed by atoms with Crippen LogP contribution in [0.1, 0.15) is 47.4 Å². The molecule has 2 rings (SSSR count). The van der Waals surface area contributed by atoms with Gasteiger partial charge in [-0.15, -0.1) is 0 Å². The normalized spacial score (nSPS) is 16.4. The van der Waals surface area contributed by atoms with Gasteiger partial charge in [0.15, 0.2) is 5.78 Å². The van der Waals surface area contributed by atoms with Crippen molar-refractivity contribution in [2.75, 3.05) is 11.5 Å². The highest BCUT2D eigenvalue weighted by molar-refractivity contribution is 7.99. The molecule has 0 atom stereocenters. The summed E-state index contributed by atoms with van der Waals surface area (Å²) >= 11 is 1.82. The van der Waals surface area contributed by atoms with Crippen LogP contribution >= 0.6 is 11.8 Å². The smallest absolute Gasteiger partial charge is 0.174 e. The van der Waals surface area contributed by atoms with E-state index in [9.17, 15) is 4.79 Å². The molecule has 1 saturated carbocycles. The van der Waals surface area contributed by atoms with Crippen molar-refractivity contribution in [2.45, 2.75) is 39.5 Å². The van der Waals surface area contributed by atoms with Crippen LogP contribution in [0.5, 0.6) is 0 Å². The first-order chi connectivity index (χ1) is 8.59. The minimum Gasteiger partial charge on any atom is -0.351 e. The van der Waals surface area contributed by atoms with Crippen LogP contribution in [0.4, 0.5) is 0 Å². The molecule has 0 radical (unpaired) electrons. The maximum absolute atomic E-state index is 12.2. The predicted octanol–water partition coefficient (Wildman–Crippen LogP) is 3.75. The maximum Gasteiger partial charge on any atom is 0.174 e. The number of Topliss-reactive ketones (excluding diaryl/α,β-unsaturated/α-hetero) is 1. The van der Waals surface area contributed by atoms with Gasteiger partial charge < -0.3 is 4.57 Å². The molecule has 0 aromatic carbocycles. The number of ketones is 1. The van der Waals surface area contributed by atoms with Crippen LogP contribution in [0.2, 0.25) is 0 Å². The molecule has 18 heavy (non-hydrogen) atoms. The minimum absolute atomic E-state index is 0.291. The van der Waals surface area contributed by atoms with Gasteiger partial charge in [0.1, 0.15) is 0 Å². The average Bonchev–Trinajstić information content (AvgIpc) is 2.94. The van der Waals surface area contributed by atoms with Crippen molar-refractivity contribution in [3.8, 4) is 0 Å². The number of thioether (sulfide) groups is 1. The number of carbonyl (C=O) groups is 1. The van der Waals surface area contributed by atoms with Gasteiger partial charge in [-0.2, -0.15) is 11.8 Å². The fourth-order valence-corrected chi connectivity index (χ4v) is 3.84. The van der Waals surface area contributed by atoms with Crippen LogP contribution in [-0.4, -0.2) is 21.9 Å². The van der Waals surface area contributed by atoms with Crippen molar-refractivity contribution in [2.24, 2.45) is 13.0 Å². The van der Waals surface area contributed by atoms with Gasteiger partial charge >= 0.3 is 0 Å². The van der Waals surface area contributed by atoms with Crippen LogP contribution in [0.25, 0.3) is 0 Å². The highest BCUT2D eigenvalue weighted by Crippen LogP contribution is 2.28. The molecule has 0 aliphatic heterocycles. The van der Waals surface area contributed by atoms with E-state index in [-0.39, 0.29) is 0 Å². The average molecular weight is 265 g/mol. The first-order valence-corrected chi connectivity index (χ1v) is 7.99. The van der Waals surface area contributed by atoms with E-state index in [2.05, 4.69) is 11.5 Å². The molecule has 1 aromatic rings. The number of carbonyl (C=O) groups excluding carboxylic acids is 1. The van der Waals surface area contributed by atoms with E-state index in [4.69, 9.17) is 0 Å². The van der Waals surface area contributed by atoms with Crippen molar-refractivity contribution in [3.63, 3.8) is 0 Å². The summed E-state index contributed by atoms with van der Waals surface area (Å²) in [6, 6.07) is 2.02. The van der Waals surface area contributed by atoms with Crippen molar-refractivity contribution >= 4 is 17.5 Å². The summed E-state index contributed by atoms with van der Waals surface area (Å²) in [6.45, 7) is 4.08. The van der Waals surface area contributed by atoms with Gasteiger partial charge in [-0.1, -0.05) is 12.8 Å². The third-order valence-corrected chi connectivity index (χ3v) is 5.31. The Morgan fingerprint density at radius 2 is 2.06 bits per heavy atom. The number of nitrogens with zero attached hydrogens (tertiary/aromatic N) is 1. The van der Waals surface area contributed by atoms with Gasteiger partial charge in [0.25, 0.3) is 0 Å². The Kier molecular flexibility index (Phi) is 4.55. The van der Waals surface area contributed by atoms with E-state index in [0.29, 0.717) is 11.5 Å². The van der Waals surface area contributed by atoms with Crippen molar-refractivity contribution in [1.82, 2.24) is 4.57 Å². The van der Waals surface area contributed by atoms with E-state index >= 15 is 0 Å². The molecule has 0 N–H and O–H groups in total. The molecule has 1 aliphatic carbocycles. The fourth-order valence-electron chi connectivity index (χ4n) is 2.71. The van der Waals surface area contributed by atoms with E-state index in [1.54, 1.807) is 0 Å². The maximum atomic E-state index is 12.2. The number of aromatic nitrogens is 1. The zero-order chi connectivity index (χ0) is 13.1. The number of hydrogen-bond acceptors (Lipinski definition) is 2. The van der Waals surface area contributed by atoms with Crippen LogP contribution < -0.4 is 0 Å². The molecule has 0 bridgehead atoms. The topological polar surface area (TPSA) is 22.0 Å². The second-order valence-corrected chi connectivity index (χ2v) is 6.46. The third kappa shape index (κ3) is 3.00. The van der Waals surface area contributed by atoms with Crippen LogP contribution in [-0.2, 0) is 7.05 Å². The SMILES string of the molecule is Cc1cc(C(=O)CSCC2CCCC2)c(C)n1C. The third-order valence-electron chi connectivity index (χ3n) is 4.14. The molecule has 100 valence electrons. The van der Waals surface area contributed by atoms with Crippen molar-refractivity contribution < 1.29 is 4.79 Å². The van der Waals surface area contributed by atoms with Crippen LogP contribution in [0, 0.1) is 19.8 Å².